The Bertz CT molecular complexity index is 1440. The van der Waals surface area contributed by atoms with Crippen molar-refractivity contribution in [2.75, 3.05) is 12.7 Å². The lowest BCUT2D eigenvalue weighted by Gasteiger charge is -2.36. The summed E-state index contributed by atoms with van der Waals surface area (Å²) in [7, 11) is -5.53. The maximum Gasteiger partial charge on any atom is 0.514 e. The number of rotatable bonds is 3. The van der Waals surface area contributed by atoms with Crippen LogP contribution in [0.4, 0.5) is 4.79 Å². The molecule has 238 valence electrons. The lowest BCUT2D eigenvalue weighted by atomic mass is 9.75. The van der Waals surface area contributed by atoms with Crippen molar-refractivity contribution in [1.29, 1.82) is 0 Å². The zero-order valence-corrected chi connectivity index (χ0v) is 28.8. The maximum absolute atomic E-state index is 13.7. The second-order valence-corrected chi connectivity index (χ2v) is 21.5. The lowest BCUT2D eigenvalue weighted by molar-refractivity contribution is -0.0135. The van der Waals surface area contributed by atoms with Crippen molar-refractivity contribution in [2.24, 2.45) is 17.8 Å². The zero-order chi connectivity index (χ0) is 32.0. The zero-order valence-electron chi connectivity index (χ0n) is 27.0. The van der Waals surface area contributed by atoms with E-state index in [2.05, 4.69) is 20.8 Å². The van der Waals surface area contributed by atoms with Crippen molar-refractivity contribution in [3.05, 3.63) is 36.4 Å². The third-order valence-electron chi connectivity index (χ3n) is 9.04. The molecule has 2 aromatic carbocycles. The van der Waals surface area contributed by atoms with E-state index in [1.54, 1.807) is 36.4 Å². The number of hydrogen-bond acceptors (Lipinski definition) is 8. The minimum atomic E-state index is -2.87. The maximum atomic E-state index is 13.7. The molecule has 2 aliphatic heterocycles. The van der Waals surface area contributed by atoms with Gasteiger partial charge in [0.05, 0.1) is 5.30 Å². The minimum absolute atomic E-state index is 0.0864. The molecule has 3 aliphatic rings. The first kappa shape index (κ1) is 33.5. The molecule has 2 heterocycles. The average molecular weight is 635 g/mol. The van der Waals surface area contributed by atoms with Gasteiger partial charge in [-0.2, -0.15) is 0 Å². The predicted octanol–water partition coefficient (Wildman–Crippen LogP) is 8.33. The molecule has 5 rings (SSSR count). The van der Waals surface area contributed by atoms with E-state index in [0.29, 0.717) is 45.6 Å². The van der Waals surface area contributed by atoms with Crippen LogP contribution in [0.3, 0.4) is 0 Å². The van der Waals surface area contributed by atoms with Crippen LogP contribution >= 0.6 is 14.3 Å². The molecule has 5 atom stereocenters. The van der Waals surface area contributed by atoms with Gasteiger partial charge in [-0.25, -0.2) is 4.79 Å². The van der Waals surface area contributed by atoms with Crippen LogP contribution in [0.25, 0.3) is 0 Å². The fourth-order valence-corrected chi connectivity index (χ4v) is 11.0. The summed E-state index contributed by atoms with van der Waals surface area (Å²) in [5.41, 5.74) is 0. The molecular weight excluding hydrogens is 586 g/mol. The van der Waals surface area contributed by atoms with Gasteiger partial charge in [0.25, 0.3) is 0 Å². The summed E-state index contributed by atoms with van der Waals surface area (Å²) >= 11 is 0. The van der Waals surface area contributed by atoms with Crippen molar-refractivity contribution in [1.82, 2.24) is 0 Å². The highest BCUT2D eigenvalue weighted by Crippen LogP contribution is 2.64. The topological polar surface area (TPSA) is 108 Å². The van der Waals surface area contributed by atoms with Gasteiger partial charge < -0.3 is 33.2 Å². The van der Waals surface area contributed by atoms with Crippen LogP contribution in [-0.2, 0) is 13.9 Å². The number of aromatic hydroxyl groups is 1. The molecule has 43 heavy (non-hydrogen) atoms. The number of phenolic OH excluding ortho intramolecular Hbond substituents is 1. The average Bonchev–Trinajstić information content (AvgIpc) is 3.44. The van der Waals surface area contributed by atoms with Gasteiger partial charge in [-0.3, -0.25) is 0 Å². The van der Waals surface area contributed by atoms with E-state index in [1.165, 1.54) is 0 Å². The van der Waals surface area contributed by atoms with E-state index in [4.69, 9.17) is 18.9 Å². The highest BCUT2D eigenvalue weighted by molar-refractivity contribution is 7.74. The fourth-order valence-electron chi connectivity index (χ4n) is 6.04. The van der Waals surface area contributed by atoms with E-state index in [-0.39, 0.29) is 29.7 Å². The summed E-state index contributed by atoms with van der Waals surface area (Å²) in [6, 6.07) is 10.2. The first-order valence-electron chi connectivity index (χ1n) is 15.2. The number of carbonyl (C=O) groups is 1. The number of benzene rings is 2. The Morgan fingerprint density at radius 1 is 0.884 bits per heavy atom. The predicted molar refractivity (Wildman–Crippen MR) is 172 cm³/mol. The minimum Gasteiger partial charge on any atom is -0.507 e. The molecule has 1 N–H and O–H groups in total. The van der Waals surface area contributed by atoms with Gasteiger partial charge in [0.2, 0.25) is 0 Å². The standard InChI is InChI=1S/C22H33O5P.C11H15O3P/c1-14(2)16-11-10-15(3)12-19(16)27-21(23)26-18-9-7-8-17-20(18)28(24,13-25-17)22(4,5)6;1-11(2,3)15(13)7-14-9-6-4-5-8(12)10(9)15/h7-9,14-16,19H,10-13H2,1-6H3;4-6,12H,7H2,1-3H3/t15-,16+,19-,28-;15-/m00/s1. The highest BCUT2D eigenvalue weighted by Gasteiger charge is 2.48. The molecule has 0 unspecified atom stereocenters. The quantitative estimate of drug-likeness (QED) is 0.204. The smallest absolute Gasteiger partial charge is 0.507 e. The van der Waals surface area contributed by atoms with Crippen LogP contribution in [0.15, 0.2) is 36.4 Å². The number of hydrogen-bond donors (Lipinski definition) is 1. The van der Waals surface area contributed by atoms with Crippen LogP contribution in [0.1, 0.15) is 81.6 Å². The Kier molecular flexibility index (Phi) is 9.46. The van der Waals surface area contributed by atoms with Crippen LogP contribution in [0.2, 0.25) is 0 Å². The molecule has 10 heteroatoms. The molecule has 0 bridgehead atoms. The molecule has 0 amide bonds. The SMILES string of the molecule is CC(C)(C)[P@]1(=O)COc2cccc(O)c21.CC(C)[C@H]1CC[C@H](C)C[C@@H]1OC(=O)Oc1cccc2c1[P@](=O)(C(C)(C)C)CO2. The first-order valence-corrected chi connectivity index (χ1v) is 19.0. The van der Waals surface area contributed by atoms with Crippen molar-refractivity contribution >= 4 is 31.0 Å². The second-order valence-electron chi connectivity index (χ2n) is 14.4. The van der Waals surface area contributed by atoms with Crippen LogP contribution in [0.5, 0.6) is 23.0 Å². The summed E-state index contributed by atoms with van der Waals surface area (Å²) in [5.74, 6) is 2.80. The Hall–Kier alpha value is -2.43. The van der Waals surface area contributed by atoms with E-state index in [0.717, 1.165) is 19.3 Å². The van der Waals surface area contributed by atoms with Crippen LogP contribution < -0.4 is 24.8 Å². The van der Waals surface area contributed by atoms with Crippen LogP contribution in [0, 0.1) is 17.8 Å². The van der Waals surface area contributed by atoms with E-state index in [1.807, 2.05) is 41.5 Å². The van der Waals surface area contributed by atoms with Gasteiger partial charge >= 0.3 is 6.16 Å². The van der Waals surface area contributed by atoms with Gasteiger partial charge in [0, 0.05) is 10.3 Å². The van der Waals surface area contributed by atoms with Gasteiger partial charge in [-0.1, -0.05) is 80.9 Å². The van der Waals surface area contributed by atoms with Crippen molar-refractivity contribution in [2.45, 2.75) is 98.0 Å². The molecule has 0 saturated heterocycles. The molecule has 0 aromatic heterocycles. The number of phenols is 1. The normalized spacial score (nSPS) is 28.1. The molecule has 0 radical (unpaired) electrons. The molecule has 8 nitrogen and oxygen atoms in total. The highest BCUT2D eigenvalue weighted by atomic mass is 31.2. The molecule has 0 spiro atoms. The summed E-state index contributed by atoms with van der Waals surface area (Å²) in [6.45, 7) is 18.1. The number of fused-ring (bicyclic) bond motifs is 2. The third-order valence-corrected chi connectivity index (χ3v) is 16.7. The molecule has 1 saturated carbocycles. The Morgan fingerprint density at radius 3 is 1.98 bits per heavy atom. The number of ether oxygens (including phenoxy) is 4. The molecule has 1 fully saturated rings. The fraction of sp³-hybridized carbons (Fsp3) is 0.606. The Morgan fingerprint density at radius 2 is 1.42 bits per heavy atom. The monoisotopic (exact) mass is 634 g/mol. The summed E-state index contributed by atoms with van der Waals surface area (Å²) in [4.78, 5) is 12.6. The van der Waals surface area contributed by atoms with Crippen LogP contribution in [-0.4, -0.2) is 40.4 Å². The van der Waals surface area contributed by atoms with E-state index < -0.39 is 25.6 Å². The van der Waals surface area contributed by atoms with Gasteiger partial charge in [0.1, 0.15) is 47.1 Å². The Balaban J connectivity index is 0.000000237. The van der Waals surface area contributed by atoms with E-state index in [9.17, 15) is 19.0 Å². The lowest BCUT2D eigenvalue weighted by Crippen LogP contribution is -2.36. The second kappa shape index (κ2) is 12.2. The third kappa shape index (κ3) is 6.52. The van der Waals surface area contributed by atoms with Gasteiger partial charge in [-0.05, 0) is 54.9 Å². The molecule has 1 aliphatic carbocycles. The summed E-state index contributed by atoms with van der Waals surface area (Å²) in [5, 5.41) is 9.95. The van der Waals surface area contributed by atoms with Gasteiger partial charge in [0.15, 0.2) is 14.3 Å². The molecule has 2 aromatic rings. The summed E-state index contributed by atoms with van der Waals surface area (Å²) in [6.07, 6.45) is 2.55. The Labute approximate surface area is 256 Å². The van der Waals surface area contributed by atoms with Crippen molar-refractivity contribution < 1.29 is 38.0 Å². The van der Waals surface area contributed by atoms with Crippen molar-refractivity contribution in [3.8, 4) is 23.0 Å². The molecular formula is C33H48O8P2. The summed E-state index contributed by atoms with van der Waals surface area (Å²) < 4.78 is 48.9. The van der Waals surface area contributed by atoms with E-state index >= 15 is 0 Å². The first-order chi connectivity index (χ1) is 19.9. The van der Waals surface area contributed by atoms with Crippen molar-refractivity contribution in [3.63, 3.8) is 0 Å². The largest absolute Gasteiger partial charge is 0.514 e. The number of carbonyl (C=O) groups excluding carboxylic acids is 1. The van der Waals surface area contributed by atoms with Gasteiger partial charge in [-0.15, -0.1) is 0 Å².